The molecule has 0 heterocycles. The number of nitrogens with two attached hydrogens (primary N) is 1. The van der Waals surface area contributed by atoms with Gasteiger partial charge in [0.1, 0.15) is 0 Å². The lowest BCUT2D eigenvalue weighted by Gasteiger charge is -2.06. The van der Waals surface area contributed by atoms with Gasteiger partial charge in [0.15, 0.2) is 0 Å². The first-order valence-electron chi connectivity index (χ1n) is 5.17. The molecule has 0 aromatic carbocycles. The molecule has 0 radical (unpaired) electrons. The average molecular weight is 193 g/mol. The molecule has 82 valence electrons. The Balaban J connectivity index is 0. The van der Waals surface area contributed by atoms with Gasteiger partial charge in [0, 0.05) is 6.04 Å². The van der Waals surface area contributed by atoms with Crippen molar-refractivity contribution < 1.29 is 9.81 Å². The second-order valence-corrected chi connectivity index (χ2v) is 3.50. The SMILES string of the molecule is CCCCCCCCC(N)CO.F. The topological polar surface area (TPSA) is 46.2 Å². The highest BCUT2D eigenvalue weighted by Gasteiger charge is 1.98. The molecule has 3 N–H and O–H groups in total. The Morgan fingerprint density at radius 1 is 1.08 bits per heavy atom. The van der Waals surface area contributed by atoms with Crippen LogP contribution in [0.1, 0.15) is 51.9 Å². The van der Waals surface area contributed by atoms with Crippen molar-refractivity contribution in [3.63, 3.8) is 0 Å². The van der Waals surface area contributed by atoms with E-state index in [0.717, 1.165) is 6.42 Å². The maximum absolute atomic E-state index is 8.65. The largest absolute Gasteiger partial charge is 0.395 e. The highest BCUT2D eigenvalue weighted by atomic mass is 19.0. The summed E-state index contributed by atoms with van der Waals surface area (Å²) in [7, 11) is 0. The first-order chi connectivity index (χ1) is 5.81. The zero-order valence-corrected chi connectivity index (χ0v) is 8.67. The van der Waals surface area contributed by atoms with Crippen LogP contribution in [0.5, 0.6) is 0 Å². The van der Waals surface area contributed by atoms with E-state index in [-0.39, 0.29) is 17.4 Å². The summed E-state index contributed by atoms with van der Waals surface area (Å²) < 4.78 is 0. The van der Waals surface area contributed by atoms with E-state index in [2.05, 4.69) is 6.92 Å². The molecule has 0 bridgehead atoms. The van der Waals surface area contributed by atoms with Crippen molar-refractivity contribution in [2.45, 2.75) is 57.9 Å². The molecule has 1 atom stereocenters. The molecule has 0 saturated carbocycles. The van der Waals surface area contributed by atoms with Gasteiger partial charge >= 0.3 is 0 Å². The number of hydrogen-bond donors (Lipinski definition) is 2. The van der Waals surface area contributed by atoms with Gasteiger partial charge in [-0.15, -0.1) is 0 Å². The fraction of sp³-hybridized carbons (Fsp3) is 1.00. The smallest absolute Gasteiger partial charge is 0.0582 e. The van der Waals surface area contributed by atoms with Crippen LogP contribution in [-0.2, 0) is 0 Å². The molecule has 0 aliphatic heterocycles. The molecule has 0 rings (SSSR count). The van der Waals surface area contributed by atoms with Gasteiger partial charge in [0.05, 0.1) is 6.61 Å². The molecule has 0 aliphatic carbocycles. The van der Waals surface area contributed by atoms with Gasteiger partial charge in [-0.1, -0.05) is 45.4 Å². The standard InChI is InChI=1S/C10H23NO.FH/c1-2-3-4-5-6-7-8-10(11)9-12;/h10,12H,2-9,11H2,1H3;1H. The van der Waals surface area contributed by atoms with Crippen LogP contribution in [0.25, 0.3) is 0 Å². The Morgan fingerprint density at radius 3 is 2.15 bits per heavy atom. The quantitative estimate of drug-likeness (QED) is 0.581. The number of hydrogen-bond acceptors (Lipinski definition) is 2. The molecule has 0 aromatic heterocycles. The van der Waals surface area contributed by atoms with Gasteiger partial charge in [0.2, 0.25) is 0 Å². The van der Waals surface area contributed by atoms with Crippen molar-refractivity contribution in [2.75, 3.05) is 6.61 Å². The molecular formula is C10H24FNO. The van der Waals surface area contributed by atoms with Gasteiger partial charge in [-0.25, -0.2) is 0 Å². The predicted molar refractivity (Wildman–Crippen MR) is 55.6 cm³/mol. The molecule has 0 saturated heterocycles. The highest BCUT2D eigenvalue weighted by molar-refractivity contribution is 4.58. The molecule has 2 nitrogen and oxygen atoms in total. The minimum atomic E-state index is 0. The van der Waals surface area contributed by atoms with Crippen LogP contribution in [0.15, 0.2) is 0 Å². The second kappa shape index (κ2) is 11.8. The molecule has 0 aliphatic rings. The van der Waals surface area contributed by atoms with Crippen molar-refractivity contribution in [3.05, 3.63) is 0 Å². The van der Waals surface area contributed by atoms with Gasteiger partial charge in [-0.05, 0) is 6.42 Å². The lowest BCUT2D eigenvalue weighted by molar-refractivity contribution is 0.257. The fourth-order valence-corrected chi connectivity index (χ4v) is 1.28. The molecule has 0 aromatic rings. The third kappa shape index (κ3) is 11.9. The first-order valence-corrected chi connectivity index (χ1v) is 5.17. The molecule has 0 amide bonds. The lowest BCUT2D eigenvalue weighted by Crippen LogP contribution is -2.23. The van der Waals surface area contributed by atoms with Crippen LogP contribution in [0.3, 0.4) is 0 Å². The Hall–Kier alpha value is -0.150. The van der Waals surface area contributed by atoms with Crippen LogP contribution in [0.2, 0.25) is 0 Å². The number of unbranched alkanes of at least 4 members (excludes halogenated alkanes) is 5. The van der Waals surface area contributed by atoms with Crippen molar-refractivity contribution >= 4 is 0 Å². The first kappa shape index (κ1) is 15.3. The normalized spacial score (nSPS) is 12.2. The Morgan fingerprint density at radius 2 is 1.62 bits per heavy atom. The Labute approximate surface area is 80.9 Å². The number of halogens is 1. The summed E-state index contributed by atoms with van der Waals surface area (Å²) in [6, 6.07) is 0.0103. The molecule has 0 spiro atoms. The number of aliphatic hydroxyl groups excluding tert-OH is 1. The predicted octanol–water partition coefficient (Wildman–Crippen LogP) is 2.21. The van der Waals surface area contributed by atoms with E-state index in [1.807, 2.05) is 0 Å². The minimum absolute atomic E-state index is 0. The van der Waals surface area contributed by atoms with Crippen molar-refractivity contribution in [1.82, 2.24) is 0 Å². The van der Waals surface area contributed by atoms with Gasteiger partial charge in [0.25, 0.3) is 0 Å². The number of aliphatic hydroxyl groups is 1. The van der Waals surface area contributed by atoms with E-state index in [4.69, 9.17) is 10.8 Å². The Kier molecular flexibility index (Phi) is 14.0. The summed E-state index contributed by atoms with van der Waals surface area (Å²) in [5.41, 5.74) is 5.56. The fourth-order valence-electron chi connectivity index (χ4n) is 1.28. The van der Waals surface area contributed by atoms with E-state index < -0.39 is 0 Å². The summed E-state index contributed by atoms with van der Waals surface area (Å²) in [6.07, 6.45) is 8.75. The van der Waals surface area contributed by atoms with Crippen molar-refractivity contribution in [2.24, 2.45) is 5.73 Å². The second-order valence-electron chi connectivity index (χ2n) is 3.50. The van der Waals surface area contributed by atoms with Gasteiger partial charge < -0.3 is 10.8 Å². The zero-order chi connectivity index (χ0) is 9.23. The van der Waals surface area contributed by atoms with Crippen LogP contribution in [0, 0.1) is 0 Å². The third-order valence-electron chi connectivity index (χ3n) is 2.16. The van der Waals surface area contributed by atoms with Gasteiger partial charge in [-0.3, -0.25) is 4.70 Å². The van der Waals surface area contributed by atoms with E-state index in [1.165, 1.54) is 38.5 Å². The maximum Gasteiger partial charge on any atom is 0.0582 e. The van der Waals surface area contributed by atoms with Crippen molar-refractivity contribution in [3.8, 4) is 0 Å². The van der Waals surface area contributed by atoms with Crippen molar-refractivity contribution in [1.29, 1.82) is 0 Å². The number of rotatable bonds is 8. The van der Waals surface area contributed by atoms with E-state index >= 15 is 0 Å². The van der Waals surface area contributed by atoms with Crippen LogP contribution in [0.4, 0.5) is 4.70 Å². The molecule has 1 unspecified atom stereocenters. The summed E-state index contributed by atoms with van der Waals surface area (Å²) in [4.78, 5) is 0. The van der Waals surface area contributed by atoms with Gasteiger partial charge in [-0.2, -0.15) is 0 Å². The maximum atomic E-state index is 8.65. The monoisotopic (exact) mass is 193 g/mol. The molecule has 13 heavy (non-hydrogen) atoms. The summed E-state index contributed by atoms with van der Waals surface area (Å²) >= 11 is 0. The molecular weight excluding hydrogens is 169 g/mol. The van der Waals surface area contributed by atoms with Crippen LogP contribution < -0.4 is 5.73 Å². The molecule has 0 fully saturated rings. The third-order valence-corrected chi connectivity index (χ3v) is 2.16. The van der Waals surface area contributed by atoms with Crippen LogP contribution in [-0.4, -0.2) is 17.8 Å². The zero-order valence-electron chi connectivity index (χ0n) is 8.67. The van der Waals surface area contributed by atoms with Crippen LogP contribution >= 0.6 is 0 Å². The van der Waals surface area contributed by atoms with E-state index in [9.17, 15) is 0 Å². The summed E-state index contributed by atoms with van der Waals surface area (Å²) in [5.74, 6) is 0. The lowest BCUT2D eigenvalue weighted by atomic mass is 10.1. The summed E-state index contributed by atoms with van der Waals surface area (Å²) in [6.45, 7) is 2.36. The Bertz CT molecular complexity index is 91.0. The summed E-state index contributed by atoms with van der Waals surface area (Å²) in [5, 5.41) is 8.65. The van der Waals surface area contributed by atoms with E-state index in [0.29, 0.717) is 0 Å². The average Bonchev–Trinajstić information content (AvgIpc) is 2.10. The molecule has 3 heteroatoms. The van der Waals surface area contributed by atoms with E-state index in [1.54, 1.807) is 0 Å². The highest BCUT2D eigenvalue weighted by Crippen LogP contribution is 2.07. The minimum Gasteiger partial charge on any atom is -0.395 e.